The zero-order valence-corrected chi connectivity index (χ0v) is 17.8. The summed E-state index contributed by atoms with van der Waals surface area (Å²) < 4.78 is 35.7. The Labute approximate surface area is 184 Å². The maximum atomic E-state index is 12.9. The van der Waals surface area contributed by atoms with Crippen LogP contribution in [0.15, 0.2) is 34.1 Å². The zero-order valence-electron chi connectivity index (χ0n) is 14.0. The maximum absolute atomic E-state index is 12.9. The molecule has 0 amide bonds. The molecule has 0 unspecified atom stereocenters. The number of hydrogen-bond donors (Lipinski definition) is 2. The second-order valence-corrected chi connectivity index (χ2v) is 8.88. The SMILES string of the molecule is O=C(O)COc1c(Cl)cc(S(=O)(=O)c2cc(Cl)c(OCC(=O)O)c(Cl)c2)cc1Cl. The van der Waals surface area contributed by atoms with E-state index in [1.807, 2.05) is 0 Å². The third-order valence-electron chi connectivity index (χ3n) is 3.24. The van der Waals surface area contributed by atoms with Crippen molar-refractivity contribution in [2.24, 2.45) is 0 Å². The van der Waals surface area contributed by atoms with Gasteiger partial charge in [0.2, 0.25) is 9.84 Å². The molecular weight excluding hydrogens is 494 g/mol. The topological polar surface area (TPSA) is 127 Å². The lowest BCUT2D eigenvalue weighted by Crippen LogP contribution is -2.11. The van der Waals surface area contributed by atoms with Crippen LogP contribution in [0.3, 0.4) is 0 Å². The summed E-state index contributed by atoms with van der Waals surface area (Å²) in [6, 6.07) is 4.10. The van der Waals surface area contributed by atoms with Gasteiger partial charge in [-0.2, -0.15) is 0 Å². The first-order valence-corrected chi connectivity index (χ1v) is 10.4. The Balaban J connectivity index is 2.45. The molecule has 0 aliphatic rings. The third kappa shape index (κ3) is 5.58. The van der Waals surface area contributed by atoms with E-state index in [4.69, 9.17) is 66.1 Å². The van der Waals surface area contributed by atoms with E-state index in [1.165, 1.54) is 0 Å². The highest BCUT2D eigenvalue weighted by molar-refractivity contribution is 7.91. The fraction of sp³-hybridized carbons (Fsp3) is 0.125. The monoisotopic (exact) mass is 502 g/mol. The van der Waals surface area contributed by atoms with E-state index in [1.54, 1.807) is 0 Å². The Morgan fingerprint density at radius 1 is 0.724 bits per heavy atom. The number of carbonyl (C=O) groups is 2. The molecule has 0 spiro atoms. The number of aliphatic carboxylic acids is 2. The van der Waals surface area contributed by atoms with Gasteiger partial charge < -0.3 is 19.7 Å². The van der Waals surface area contributed by atoms with Crippen LogP contribution in [0.5, 0.6) is 11.5 Å². The van der Waals surface area contributed by atoms with Gasteiger partial charge in [-0.05, 0) is 24.3 Å². The second kappa shape index (κ2) is 9.27. The van der Waals surface area contributed by atoms with Crippen molar-refractivity contribution in [1.29, 1.82) is 0 Å². The summed E-state index contributed by atoms with van der Waals surface area (Å²) in [6.45, 7) is -1.46. The van der Waals surface area contributed by atoms with E-state index in [9.17, 15) is 18.0 Å². The van der Waals surface area contributed by atoms with Gasteiger partial charge in [-0.3, -0.25) is 0 Å². The highest BCUT2D eigenvalue weighted by Crippen LogP contribution is 2.40. The summed E-state index contributed by atoms with van der Waals surface area (Å²) in [7, 11) is -4.21. The van der Waals surface area contributed by atoms with Crippen LogP contribution in [0.4, 0.5) is 0 Å². The molecule has 0 heterocycles. The molecule has 156 valence electrons. The lowest BCUT2D eigenvalue weighted by atomic mass is 10.3. The second-order valence-electron chi connectivity index (χ2n) is 5.30. The molecule has 0 atom stereocenters. The summed E-state index contributed by atoms with van der Waals surface area (Å²) in [4.78, 5) is 20.5. The van der Waals surface area contributed by atoms with Gasteiger partial charge >= 0.3 is 11.9 Å². The minimum Gasteiger partial charge on any atom is -0.479 e. The number of ether oxygens (including phenoxy) is 2. The number of carboxylic acid groups (broad SMARTS) is 2. The summed E-state index contributed by atoms with van der Waals surface area (Å²) >= 11 is 23.9. The number of hydrogen-bond acceptors (Lipinski definition) is 6. The lowest BCUT2D eigenvalue weighted by Gasteiger charge is -2.13. The van der Waals surface area contributed by atoms with Gasteiger partial charge in [-0.25, -0.2) is 18.0 Å². The van der Waals surface area contributed by atoms with E-state index in [0.717, 1.165) is 24.3 Å². The van der Waals surface area contributed by atoms with Crippen LogP contribution in [0.25, 0.3) is 0 Å². The van der Waals surface area contributed by atoms with Crippen molar-refractivity contribution in [3.05, 3.63) is 44.4 Å². The smallest absolute Gasteiger partial charge is 0.341 e. The Kier molecular flexibility index (Phi) is 7.47. The Morgan fingerprint density at radius 3 is 1.24 bits per heavy atom. The molecule has 2 rings (SSSR count). The molecule has 0 radical (unpaired) electrons. The molecule has 0 aliphatic carbocycles. The number of rotatable bonds is 8. The third-order valence-corrected chi connectivity index (χ3v) is 6.08. The molecule has 2 aromatic carbocycles. The van der Waals surface area contributed by atoms with Crippen molar-refractivity contribution >= 4 is 68.2 Å². The molecule has 0 saturated heterocycles. The van der Waals surface area contributed by atoms with E-state index in [2.05, 4.69) is 0 Å². The van der Waals surface area contributed by atoms with E-state index < -0.39 is 35.0 Å². The van der Waals surface area contributed by atoms with E-state index >= 15 is 0 Å². The summed E-state index contributed by atoms with van der Waals surface area (Å²) in [5, 5.41) is 16.4. The van der Waals surface area contributed by atoms with Gasteiger partial charge in [0, 0.05) is 0 Å². The molecule has 29 heavy (non-hydrogen) atoms. The predicted octanol–water partition coefficient (Wildman–Crippen LogP) is 4.06. The van der Waals surface area contributed by atoms with Gasteiger partial charge in [0.15, 0.2) is 24.7 Å². The quantitative estimate of drug-likeness (QED) is 0.552. The maximum Gasteiger partial charge on any atom is 0.341 e. The molecule has 0 saturated carbocycles. The van der Waals surface area contributed by atoms with Crippen LogP contribution < -0.4 is 9.47 Å². The molecule has 8 nitrogen and oxygen atoms in total. The number of sulfone groups is 1. The number of benzene rings is 2. The van der Waals surface area contributed by atoms with Crippen molar-refractivity contribution in [3.63, 3.8) is 0 Å². The molecule has 0 bridgehead atoms. The Morgan fingerprint density at radius 2 is 1.00 bits per heavy atom. The summed E-state index contributed by atoms with van der Waals surface area (Å²) in [5.41, 5.74) is 0. The Hall–Kier alpha value is -1.91. The summed E-state index contributed by atoms with van der Waals surface area (Å²) in [6.07, 6.45) is 0. The van der Waals surface area contributed by atoms with Gasteiger partial charge in [0.1, 0.15) is 0 Å². The van der Waals surface area contributed by atoms with Gasteiger partial charge in [0.05, 0.1) is 29.9 Å². The van der Waals surface area contributed by atoms with Gasteiger partial charge in [-0.15, -0.1) is 0 Å². The minimum atomic E-state index is -4.21. The first-order chi connectivity index (χ1) is 13.4. The van der Waals surface area contributed by atoms with E-state index in [-0.39, 0.29) is 41.4 Å². The molecule has 2 N–H and O–H groups in total. The fourth-order valence-corrected chi connectivity index (χ4v) is 4.88. The van der Waals surface area contributed by atoms with Crippen LogP contribution in [0.1, 0.15) is 0 Å². The molecule has 13 heteroatoms. The summed E-state index contributed by atoms with van der Waals surface area (Å²) in [5.74, 6) is -2.93. The van der Waals surface area contributed by atoms with Crippen molar-refractivity contribution in [2.45, 2.75) is 9.79 Å². The van der Waals surface area contributed by atoms with Gasteiger partial charge in [-0.1, -0.05) is 46.4 Å². The lowest BCUT2D eigenvalue weighted by molar-refractivity contribution is -0.140. The molecule has 0 fully saturated rings. The first kappa shape index (κ1) is 23.4. The highest BCUT2D eigenvalue weighted by Gasteiger charge is 2.24. The molecular formula is C16H10Cl4O8S. The standard InChI is InChI=1S/C16H10Cl4O8S/c17-9-1-7(2-10(18)15(9)27-5-13(21)22)29(25,26)8-3-11(19)16(12(20)4-8)28-6-14(23)24/h1-4H,5-6H2,(H,21,22)(H,23,24). The van der Waals surface area contributed by atoms with Crippen molar-refractivity contribution in [1.82, 2.24) is 0 Å². The van der Waals surface area contributed by atoms with Crippen molar-refractivity contribution in [3.8, 4) is 11.5 Å². The fourth-order valence-electron chi connectivity index (χ4n) is 2.06. The molecule has 0 aliphatic heterocycles. The predicted molar refractivity (Wildman–Crippen MR) is 105 cm³/mol. The average molecular weight is 504 g/mol. The minimum absolute atomic E-state index is 0.192. The van der Waals surface area contributed by atoms with Crippen LogP contribution in [-0.4, -0.2) is 43.8 Å². The number of halogens is 4. The molecule has 0 aromatic heterocycles. The first-order valence-electron chi connectivity index (χ1n) is 7.36. The highest BCUT2D eigenvalue weighted by atomic mass is 35.5. The van der Waals surface area contributed by atoms with Crippen LogP contribution >= 0.6 is 46.4 Å². The van der Waals surface area contributed by atoms with Crippen molar-refractivity contribution in [2.75, 3.05) is 13.2 Å². The zero-order chi connectivity index (χ0) is 21.9. The molecule has 2 aromatic rings. The van der Waals surface area contributed by atoms with Gasteiger partial charge in [0.25, 0.3) is 0 Å². The van der Waals surface area contributed by atoms with Crippen LogP contribution in [0.2, 0.25) is 20.1 Å². The van der Waals surface area contributed by atoms with Crippen molar-refractivity contribution < 1.29 is 37.7 Å². The van der Waals surface area contributed by atoms with E-state index in [0.29, 0.717) is 0 Å². The van der Waals surface area contributed by atoms with Crippen LogP contribution in [0, 0.1) is 0 Å². The normalized spacial score (nSPS) is 11.2. The largest absolute Gasteiger partial charge is 0.479 e. The average Bonchev–Trinajstić information content (AvgIpc) is 2.59. The number of carboxylic acids is 2. The van der Waals surface area contributed by atoms with Crippen LogP contribution in [-0.2, 0) is 19.4 Å². The Bertz CT molecular complexity index is 959.